The van der Waals surface area contributed by atoms with Crippen LogP contribution in [0.15, 0.2) is 24.4 Å². The topological polar surface area (TPSA) is 24.9 Å². The average molecular weight is 370 g/mol. The van der Waals surface area contributed by atoms with Crippen LogP contribution in [0.3, 0.4) is 0 Å². The van der Waals surface area contributed by atoms with Crippen molar-refractivity contribution in [2.45, 2.75) is 32.2 Å². The molecule has 0 saturated carbocycles. The number of nitrogens with one attached hydrogen (secondary N) is 1. The van der Waals surface area contributed by atoms with Crippen LogP contribution in [-0.4, -0.2) is 4.98 Å². The zero-order chi connectivity index (χ0) is 12.5. The summed E-state index contributed by atoms with van der Waals surface area (Å²) in [5, 5.41) is 3.62. The Kier molecular flexibility index (Phi) is 3.56. The van der Waals surface area contributed by atoms with Gasteiger partial charge in [-0.1, -0.05) is 0 Å². The highest BCUT2D eigenvalue weighted by molar-refractivity contribution is 14.1. The van der Waals surface area contributed by atoms with Gasteiger partial charge in [-0.3, -0.25) is 4.98 Å². The van der Waals surface area contributed by atoms with Gasteiger partial charge in [0.2, 0.25) is 0 Å². The molecule has 1 atom stereocenters. The molecule has 0 bridgehead atoms. The molecule has 0 radical (unpaired) electrons. The van der Waals surface area contributed by atoms with Crippen LogP contribution in [0.25, 0.3) is 0 Å². The van der Waals surface area contributed by atoms with Crippen molar-refractivity contribution in [2.75, 3.05) is 5.32 Å². The number of rotatable bonds is 2. The quantitative estimate of drug-likeness (QED) is 0.785. The fourth-order valence-corrected chi connectivity index (χ4v) is 4.55. The van der Waals surface area contributed by atoms with E-state index in [9.17, 15) is 0 Å². The van der Waals surface area contributed by atoms with Gasteiger partial charge in [0.15, 0.2) is 0 Å². The maximum absolute atomic E-state index is 4.34. The molecule has 1 aliphatic rings. The van der Waals surface area contributed by atoms with E-state index < -0.39 is 0 Å². The molecule has 0 amide bonds. The molecule has 94 valence electrons. The second-order valence-electron chi connectivity index (χ2n) is 4.71. The van der Waals surface area contributed by atoms with E-state index in [1.54, 1.807) is 4.88 Å². The Balaban J connectivity index is 1.83. The van der Waals surface area contributed by atoms with Gasteiger partial charge < -0.3 is 5.32 Å². The van der Waals surface area contributed by atoms with E-state index in [2.05, 4.69) is 51.1 Å². The number of halogens is 1. The summed E-state index contributed by atoms with van der Waals surface area (Å²) in [6.07, 6.45) is 5.67. The molecule has 2 aromatic heterocycles. The molecule has 1 unspecified atom stereocenters. The molecule has 4 heteroatoms. The molecule has 0 fully saturated rings. The molecule has 1 N–H and O–H groups in total. The summed E-state index contributed by atoms with van der Waals surface area (Å²) in [7, 11) is 0. The summed E-state index contributed by atoms with van der Waals surface area (Å²) in [6, 6.07) is 6.97. The molecule has 18 heavy (non-hydrogen) atoms. The van der Waals surface area contributed by atoms with E-state index in [1.807, 2.05) is 24.5 Å². The standard InChI is InChI=1S/C14H15IN2S/c1-9-5-6-10(8-16-9)17-12-3-2-4-13-11(12)7-14(15)18-13/h5-8,12,17H,2-4H2,1H3. The number of pyridine rings is 1. The van der Waals surface area contributed by atoms with E-state index in [1.165, 1.54) is 27.7 Å². The van der Waals surface area contributed by atoms with Crippen LogP contribution >= 0.6 is 33.9 Å². The van der Waals surface area contributed by atoms with Gasteiger partial charge in [-0.05, 0) is 72.5 Å². The van der Waals surface area contributed by atoms with Crippen LogP contribution in [0.1, 0.15) is 35.0 Å². The maximum atomic E-state index is 4.34. The van der Waals surface area contributed by atoms with E-state index in [-0.39, 0.29) is 0 Å². The minimum Gasteiger partial charge on any atom is -0.377 e. The van der Waals surface area contributed by atoms with Gasteiger partial charge in [-0.2, -0.15) is 0 Å². The van der Waals surface area contributed by atoms with Crippen LogP contribution in [0.2, 0.25) is 0 Å². The molecule has 2 heterocycles. The van der Waals surface area contributed by atoms with Crippen molar-refractivity contribution in [1.82, 2.24) is 4.98 Å². The third kappa shape index (κ3) is 2.54. The molecule has 3 rings (SSSR count). The molecule has 0 spiro atoms. The third-order valence-electron chi connectivity index (χ3n) is 3.34. The van der Waals surface area contributed by atoms with Gasteiger partial charge in [0.05, 0.1) is 20.8 Å². The zero-order valence-electron chi connectivity index (χ0n) is 10.2. The second kappa shape index (κ2) is 5.17. The van der Waals surface area contributed by atoms with Crippen LogP contribution in [0.5, 0.6) is 0 Å². The van der Waals surface area contributed by atoms with Gasteiger partial charge in [-0.15, -0.1) is 11.3 Å². The van der Waals surface area contributed by atoms with Crippen LogP contribution in [0.4, 0.5) is 5.69 Å². The minimum atomic E-state index is 0.457. The maximum Gasteiger partial charge on any atom is 0.0660 e. The normalized spacial score (nSPS) is 18.4. The minimum absolute atomic E-state index is 0.457. The van der Waals surface area contributed by atoms with Crippen molar-refractivity contribution in [3.05, 3.63) is 43.4 Å². The predicted octanol–water partition coefficient (Wildman–Crippen LogP) is 4.55. The lowest BCUT2D eigenvalue weighted by Gasteiger charge is -2.24. The molecule has 0 aromatic carbocycles. The molecule has 1 aliphatic carbocycles. The zero-order valence-corrected chi connectivity index (χ0v) is 13.2. The Bertz CT molecular complexity index is 547. The Hall–Kier alpha value is -0.620. The van der Waals surface area contributed by atoms with Crippen molar-refractivity contribution in [1.29, 1.82) is 0 Å². The lowest BCUT2D eigenvalue weighted by Crippen LogP contribution is -2.15. The predicted molar refractivity (Wildman–Crippen MR) is 85.3 cm³/mol. The fraction of sp³-hybridized carbons (Fsp3) is 0.357. The van der Waals surface area contributed by atoms with Crippen LogP contribution in [0, 0.1) is 9.81 Å². The van der Waals surface area contributed by atoms with Crippen LogP contribution < -0.4 is 5.32 Å². The molecule has 2 aromatic rings. The van der Waals surface area contributed by atoms with E-state index in [4.69, 9.17) is 0 Å². The summed E-state index contributed by atoms with van der Waals surface area (Å²) in [5.74, 6) is 0. The number of hydrogen-bond acceptors (Lipinski definition) is 3. The van der Waals surface area contributed by atoms with Gasteiger partial charge >= 0.3 is 0 Å². The lowest BCUT2D eigenvalue weighted by atomic mass is 9.94. The highest BCUT2D eigenvalue weighted by atomic mass is 127. The number of aromatic nitrogens is 1. The third-order valence-corrected chi connectivity index (χ3v) is 5.31. The Morgan fingerprint density at radius 2 is 2.33 bits per heavy atom. The Morgan fingerprint density at radius 1 is 1.44 bits per heavy atom. The lowest BCUT2D eigenvalue weighted by molar-refractivity contribution is 0.608. The number of hydrogen-bond donors (Lipinski definition) is 1. The van der Waals surface area contributed by atoms with E-state index >= 15 is 0 Å². The first kappa shape index (κ1) is 12.4. The first-order chi connectivity index (χ1) is 8.72. The average Bonchev–Trinajstić information content (AvgIpc) is 2.73. The Morgan fingerprint density at radius 3 is 3.11 bits per heavy atom. The van der Waals surface area contributed by atoms with Crippen molar-refractivity contribution in [2.24, 2.45) is 0 Å². The molecule has 0 saturated heterocycles. The monoisotopic (exact) mass is 370 g/mol. The van der Waals surface area contributed by atoms with E-state index in [0.717, 1.165) is 11.4 Å². The summed E-state index contributed by atoms with van der Waals surface area (Å²) < 4.78 is 1.40. The van der Waals surface area contributed by atoms with Gasteiger partial charge in [0.25, 0.3) is 0 Å². The molecular formula is C14H15IN2S. The number of aryl methyl sites for hydroxylation is 2. The first-order valence-corrected chi connectivity index (χ1v) is 8.09. The number of anilines is 1. The van der Waals surface area contributed by atoms with E-state index in [0.29, 0.717) is 6.04 Å². The fourth-order valence-electron chi connectivity index (χ4n) is 2.43. The Labute approximate surface area is 125 Å². The van der Waals surface area contributed by atoms with Crippen molar-refractivity contribution >= 4 is 39.6 Å². The summed E-state index contributed by atoms with van der Waals surface area (Å²) in [5.41, 5.74) is 3.69. The summed E-state index contributed by atoms with van der Waals surface area (Å²) in [6.45, 7) is 2.02. The van der Waals surface area contributed by atoms with Crippen LogP contribution in [-0.2, 0) is 6.42 Å². The molecule has 0 aliphatic heterocycles. The number of thiophene rings is 1. The van der Waals surface area contributed by atoms with Gasteiger partial charge in [0, 0.05) is 10.6 Å². The summed E-state index contributed by atoms with van der Waals surface area (Å²) >= 11 is 4.36. The molecular weight excluding hydrogens is 355 g/mol. The highest BCUT2D eigenvalue weighted by Gasteiger charge is 2.22. The molecule has 2 nitrogen and oxygen atoms in total. The number of fused-ring (bicyclic) bond motifs is 1. The van der Waals surface area contributed by atoms with Crippen molar-refractivity contribution in [3.8, 4) is 0 Å². The smallest absolute Gasteiger partial charge is 0.0660 e. The highest BCUT2D eigenvalue weighted by Crippen LogP contribution is 2.37. The SMILES string of the molecule is Cc1ccc(NC2CCCc3sc(I)cc32)cn1. The van der Waals surface area contributed by atoms with Crippen molar-refractivity contribution in [3.63, 3.8) is 0 Å². The largest absolute Gasteiger partial charge is 0.377 e. The number of nitrogens with zero attached hydrogens (tertiary/aromatic N) is 1. The first-order valence-electron chi connectivity index (χ1n) is 6.19. The summed E-state index contributed by atoms with van der Waals surface area (Å²) in [4.78, 5) is 5.90. The second-order valence-corrected chi connectivity index (χ2v) is 7.74. The van der Waals surface area contributed by atoms with Gasteiger partial charge in [-0.25, -0.2) is 0 Å². The van der Waals surface area contributed by atoms with Crippen molar-refractivity contribution < 1.29 is 0 Å². The van der Waals surface area contributed by atoms with Gasteiger partial charge in [0.1, 0.15) is 0 Å².